The molecule has 0 heterocycles. The van der Waals surface area contributed by atoms with Crippen molar-refractivity contribution in [2.45, 2.75) is 23.7 Å². The minimum atomic E-state index is -4.30. The molecule has 0 fully saturated rings. The highest BCUT2D eigenvalue weighted by atomic mass is 32.2. The molecule has 0 aliphatic carbocycles. The summed E-state index contributed by atoms with van der Waals surface area (Å²) in [5.41, 5.74) is 0.841. The SMILES string of the molecule is C=CCOC(=O)C(C)(O[C]=O)S(=O)(=O)c1ccc(C)cc1. The van der Waals surface area contributed by atoms with Crippen LogP contribution in [0.5, 0.6) is 0 Å². The number of hydrogen-bond acceptors (Lipinski definition) is 6. The van der Waals surface area contributed by atoms with Crippen molar-refractivity contribution in [1.29, 1.82) is 0 Å². The van der Waals surface area contributed by atoms with Gasteiger partial charge in [0, 0.05) is 6.92 Å². The molecule has 7 heteroatoms. The lowest BCUT2D eigenvalue weighted by Crippen LogP contribution is -2.47. The number of carbonyl (C=O) groups excluding carboxylic acids is 2. The fourth-order valence-electron chi connectivity index (χ4n) is 1.49. The molecule has 1 rings (SSSR count). The van der Waals surface area contributed by atoms with Crippen LogP contribution in [0, 0.1) is 6.92 Å². The van der Waals surface area contributed by atoms with Gasteiger partial charge in [0.25, 0.3) is 0 Å². The number of esters is 1. The van der Waals surface area contributed by atoms with Crippen LogP contribution in [0.3, 0.4) is 0 Å². The van der Waals surface area contributed by atoms with E-state index in [1.165, 1.54) is 18.2 Å². The van der Waals surface area contributed by atoms with Crippen molar-refractivity contribution in [3.63, 3.8) is 0 Å². The molecule has 113 valence electrons. The fourth-order valence-corrected chi connectivity index (χ4v) is 2.86. The van der Waals surface area contributed by atoms with Crippen molar-refractivity contribution >= 4 is 22.3 Å². The molecule has 1 atom stereocenters. The van der Waals surface area contributed by atoms with Crippen LogP contribution in [0.1, 0.15) is 12.5 Å². The number of hydrogen-bond donors (Lipinski definition) is 0. The second kappa shape index (κ2) is 6.53. The smallest absolute Gasteiger partial charge is 0.419 e. The lowest BCUT2D eigenvalue weighted by molar-refractivity contribution is -0.153. The van der Waals surface area contributed by atoms with Gasteiger partial charge in [-0.1, -0.05) is 30.4 Å². The third-order valence-corrected chi connectivity index (χ3v) is 4.95. The Kier molecular flexibility index (Phi) is 5.26. The summed E-state index contributed by atoms with van der Waals surface area (Å²) in [6.07, 6.45) is 1.27. The molecule has 21 heavy (non-hydrogen) atoms. The van der Waals surface area contributed by atoms with Crippen molar-refractivity contribution in [2.24, 2.45) is 0 Å². The summed E-state index contributed by atoms with van der Waals surface area (Å²) in [5.74, 6) is -1.22. The fraction of sp³-hybridized carbons (Fsp3) is 0.286. The highest BCUT2D eigenvalue weighted by Gasteiger charge is 2.51. The Morgan fingerprint density at radius 1 is 1.38 bits per heavy atom. The van der Waals surface area contributed by atoms with Crippen LogP contribution in [-0.4, -0.2) is 32.4 Å². The maximum absolute atomic E-state index is 12.5. The average Bonchev–Trinajstić information content (AvgIpc) is 2.45. The highest BCUT2D eigenvalue weighted by Crippen LogP contribution is 2.28. The Balaban J connectivity index is 3.30. The molecule has 1 radical (unpaired) electrons. The van der Waals surface area contributed by atoms with Crippen molar-refractivity contribution in [1.82, 2.24) is 0 Å². The van der Waals surface area contributed by atoms with Gasteiger partial charge in [0.2, 0.25) is 9.84 Å². The van der Waals surface area contributed by atoms with Gasteiger partial charge in [0.1, 0.15) is 6.61 Å². The van der Waals surface area contributed by atoms with Crippen molar-refractivity contribution in [3.8, 4) is 0 Å². The normalized spacial score (nSPS) is 13.8. The van der Waals surface area contributed by atoms with E-state index in [4.69, 9.17) is 4.74 Å². The molecule has 0 aliphatic rings. The summed E-state index contributed by atoms with van der Waals surface area (Å²) >= 11 is 0. The van der Waals surface area contributed by atoms with E-state index < -0.39 is 20.7 Å². The number of aryl methyl sites for hydroxylation is 1. The first-order chi connectivity index (χ1) is 9.79. The Bertz CT molecular complexity index is 632. The molecule has 0 saturated heterocycles. The Morgan fingerprint density at radius 3 is 2.43 bits per heavy atom. The van der Waals surface area contributed by atoms with Crippen LogP contribution in [0.15, 0.2) is 41.8 Å². The number of carbonyl (C=O) groups is 1. The number of sulfone groups is 1. The molecule has 0 aliphatic heterocycles. The van der Waals surface area contributed by atoms with Crippen LogP contribution in [0.4, 0.5) is 0 Å². The molecular formula is C14H15O6S. The van der Waals surface area contributed by atoms with E-state index in [-0.39, 0.29) is 11.5 Å². The van der Waals surface area contributed by atoms with Gasteiger partial charge >= 0.3 is 17.4 Å². The zero-order valence-electron chi connectivity index (χ0n) is 11.7. The van der Waals surface area contributed by atoms with Crippen molar-refractivity contribution < 1.29 is 27.5 Å². The lowest BCUT2D eigenvalue weighted by Gasteiger charge is -2.24. The summed E-state index contributed by atoms with van der Waals surface area (Å²) in [5, 5.41) is 0. The first kappa shape index (κ1) is 16.9. The molecule has 1 unspecified atom stereocenters. The van der Waals surface area contributed by atoms with E-state index in [1.807, 2.05) is 0 Å². The molecule has 0 saturated carbocycles. The predicted octanol–water partition coefficient (Wildman–Crippen LogP) is 1.30. The van der Waals surface area contributed by atoms with Crippen LogP contribution in [0.2, 0.25) is 0 Å². The molecule has 1 aromatic carbocycles. The monoisotopic (exact) mass is 311 g/mol. The van der Waals surface area contributed by atoms with E-state index >= 15 is 0 Å². The number of ether oxygens (including phenoxy) is 2. The third kappa shape index (κ3) is 3.30. The van der Waals surface area contributed by atoms with Crippen LogP contribution < -0.4 is 0 Å². The zero-order valence-corrected chi connectivity index (χ0v) is 12.5. The first-order valence-electron chi connectivity index (χ1n) is 5.94. The highest BCUT2D eigenvalue weighted by molar-refractivity contribution is 7.93. The van der Waals surface area contributed by atoms with Gasteiger partial charge in [-0.25, -0.2) is 18.0 Å². The summed E-state index contributed by atoms with van der Waals surface area (Å²) in [4.78, 5) is 19.8. The summed E-state index contributed by atoms with van der Waals surface area (Å²) in [7, 11) is -4.30. The van der Waals surface area contributed by atoms with Gasteiger partial charge in [0.15, 0.2) is 0 Å². The van der Waals surface area contributed by atoms with Crippen LogP contribution in [-0.2, 0) is 28.9 Å². The van der Waals surface area contributed by atoms with Gasteiger partial charge in [0.05, 0.1) is 4.90 Å². The molecule has 6 nitrogen and oxygen atoms in total. The molecular weight excluding hydrogens is 296 g/mol. The van der Waals surface area contributed by atoms with Gasteiger partial charge in [-0.3, -0.25) is 0 Å². The van der Waals surface area contributed by atoms with Gasteiger partial charge in [-0.15, -0.1) is 0 Å². The van der Waals surface area contributed by atoms with E-state index in [1.54, 1.807) is 19.1 Å². The maximum atomic E-state index is 12.5. The van der Waals surface area contributed by atoms with E-state index in [0.717, 1.165) is 19.0 Å². The second-order valence-corrected chi connectivity index (χ2v) is 6.59. The van der Waals surface area contributed by atoms with Crippen LogP contribution >= 0.6 is 0 Å². The second-order valence-electron chi connectivity index (χ2n) is 4.33. The van der Waals surface area contributed by atoms with E-state index in [2.05, 4.69) is 11.3 Å². The summed E-state index contributed by atoms with van der Waals surface area (Å²) < 4.78 is 34.2. The molecule has 0 spiro atoms. The summed E-state index contributed by atoms with van der Waals surface area (Å²) in [6.45, 7) is 6.86. The van der Waals surface area contributed by atoms with Gasteiger partial charge in [-0.05, 0) is 19.1 Å². The number of rotatable bonds is 7. The number of benzene rings is 1. The predicted molar refractivity (Wildman–Crippen MR) is 74.7 cm³/mol. The standard InChI is InChI=1S/C14H15O6S/c1-4-9-19-13(16)14(3,20-10-15)21(17,18)12-7-5-11(2)6-8-12/h4-8H,1,9H2,2-3H3. The molecule has 0 N–H and O–H groups in total. The Hall–Kier alpha value is -2.15. The lowest BCUT2D eigenvalue weighted by atomic mass is 10.2. The van der Waals surface area contributed by atoms with E-state index in [9.17, 15) is 18.0 Å². The topological polar surface area (TPSA) is 86.7 Å². The largest absolute Gasteiger partial charge is 0.458 e. The molecule has 0 bridgehead atoms. The van der Waals surface area contributed by atoms with Crippen LogP contribution in [0.25, 0.3) is 0 Å². The third-order valence-electron chi connectivity index (χ3n) is 2.78. The molecule has 0 aromatic heterocycles. The minimum Gasteiger partial charge on any atom is -0.458 e. The maximum Gasteiger partial charge on any atom is 0.419 e. The first-order valence-corrected chi connectivity index (χ1v) is 7.42. The zero-order chi connectivity index (χ0) is 16.1. The van der Waals surface area contributed by atoms with Gasteiger partial charge in [-0.2, -0.15) is 0 Å². The molecule has 1 aromatic rings. The van der Waals surface area contributed by atoms with E-state index in [0.29, 0.717) is 0 Å². The van der Waals surface area contributed by atoms with Gasteiger partial charge < -0.3 is 9.47 Å². The quantitative estimate of drug-likeness (QED) is 0.557. The van der Waals surface area contributed by atoms with Crippen molar-refractivity contribution in [3.05, 3.63) is 42.5 Å². The molecule has 0 amide bonds. The Labute approximate surface area is 123 Å². The average molecular weight is 311 g/mol. The van der Waals surface area contributed by atoms with Crippen molar-refractivity contribution in [2.75, 3.05) is 6.61 Å². The Morgan fingerprint density at radius 2 is 1.95 bits per heavy atom. The minimum absolute atomic E-state index is 0.165. The summed E-state index contributed by atoms with van der Waals surface area (Å²) in [6, 6.07) is 5.76.